The van der Waals surface area contributed by atoms with E-state index in [0.717, 1.165) is 5.69 Å². The van der Waals surface area contributed by atoms with E-state index in [0.29, 0.717) is 5.82 Å². The van der Waals surface area contributed by atoms with Crippen molar-refractivity contribution in [2.45, 2.75) is 19.9 Å². The first-order valence-electron chi connectivity index (χ1n) is 5.22. The molecule has 7 heteroatoms. The van der Waals surface area contributed by atoms with E-state index in [2.05, 4.69) is 20.4 Å². The molecule has 0 fully saturated rings. The maximum atomic E-state index is 11.3. The summed E-state index contributed by atoms with van der Waals surface area (Å²) in [4.78, 5) is 17.6. The average molecular weight is 234 g/mol. The van der Waals surface area contributed by atoms with E-state index < -0.39 is 0 Å². The van der Waals surface area contributed by atoms with Gasteiger partial charge in [0, 0.05) is 12.2 Å². The van der Waals surface area contributed by atoms with Crippen molar-refractivity contribution in [3.63, 3.8) is 0 Å². The molecule has 0 bridgehead atoms. The largest absolute Gasteiger partial charge is 0.391 e. The number of rotatable bonds is 3. The van der Waals surface area contributed by atoms with E-state index in [4.69, 9.17) is 5.73 Å². The van der Waals surface area contributed by atoms with Crippen molar-refractivity contribution in [1.82, 2.24) is 19.7 Å². The first-order chi connectivity index (χ1) is 8.08. The SMILES string of the molecule is CC(C)n1cc(Nc2nc[nH]c(=O)c2N)cn1. The van der Waals surface area contributed by atoms with Gasteiger partial charge in [-0.25, -0.2) is 4.98 Å². The molecule has 0 aliphatic heterocycles. The van der Waals surface area contributed by atoms with Crippen LogP contribution in [0, 0.1) is 0 Å². The molecule has 7 nitrogen and oxygen atoms in total. The molecule has 0 saturated heterocycles. The van der Waals surface area contributed by atoms with Crippen molar-refractivity contribution < 1.29 is 0 Å². The highest BCUT2D eigenvalue weighted by Crippen LogP contribution is 2.17. The van der Waals surface area contributed by atoms with E-state index in [1.807, 2.05) is 20.0 Å². The van der Waals surface area contributed by atoms with Gasteiger partial charge in [0.2, 0.25) is 0 Å². The Morgan fingerprint density at radius 1 is 1.53 bits per heavy atom. The molecule has 0 saturated carbocycles. The number of aromatic amines is 1. The van der Waals surface area contributed by atoms with Gasteiger partial charge >= 0.3 is 0 Å². The molecule has 0 aliphatic carbocycles. The first kappa shape index (κ1) is 11.2. The Hall–Kier alpha value is -2.31. The monoisotopic (exact) mass is 234 g/mol. The van der Waals surface area contributed by atoms with E-state index in [-0.39, 0.29) is 17.3 Å². The van der Waals surface area contributed by atoms with Crippen LogP contribution in [-0.2, 0) is 0 Å². The summed E-state index contributed by atoms with van der Waals surface area (Å²) in [6, 6.07) is 0.273. The Morgan fingerprint density at radius 3 is 2.94 bits per heavy atom. The third-order valence-electron chi connectivity index (χ3n) is 2.28. The van der Waals surface area contributed by atoms with E-state index in [1.165, 1.54) is 6.33 Å². The fourth-order valence-corrected chi connectivity index (χ4v) is 1.33. The number of anilines is 3. The van der Waals surface area contributed by atoms with Gasteiger partial charge in [-0.2, -0.15) is 5.10 Å². The summed E-state index contributed by atoms with van der Waals surface area (Å²) in [5.41, 5.74) is 6.04. The molecule has 0 atom stereocenters. The standard InChI is InChI=1S/C10H14N6O/c1-6(2)16-4-7(3-14-16)15-9-8(11)10(17)13-5-12-9/h3-6H,11H2,1-2H3,(H2,12,13,15,17). The number of nitrogen functional groups attached to an aromatic ring is 1. The topological polar surface area (TPSA) is 102 Å². The molecule has 0 unspecified atom stereocenters. The van der Waals surface area contributed by atoms with Crippen LogP contribution >= 0.6 is 0 Å². The van der Waals surface area contributed by atoms with E-state index in [9.17, 15) is 4.79 Å². The number of H-pyrrole nitrogens is 1. The summed E-state index contributed by atoms with van der Waals surface area (Å²) in [6.45, 7) is 4.05. The normalized spacial score (nSPS) is 10.8. The lowest BCUT2D eigenvalue weighted by molar-refractivity contribution is 0.532. The van der Waals surface area contributed by atoms with Crippen molar-refractivity contribution in [3.05, 3.63) is 29.1 Å². The van der Waals surface area contributed by atoms with Gasteiger partial charge in [-0.3, -0.25) is 9.48 Å². The molecule has 17 heavy (non-hydrogen) atoms. The molecule has 2 rings (SSSR count). The minimum Gasteiger partial charge on any atom is -0.391 e. The lowest BCUT2D eigenvalue weighted by Gasteiger charge is -2.05. The summed E-state index contributed by atoms with van der Waals surface area (Å²) >= 11 is 0. The van der Waals surface area contributed by atoms with Gasteiger partial charge in [0.1, 0.15) is 5.69 Å². The molecule has 0 amide bonds. The van der Waals surface area contributed by atoms with Gasteiger partial charge in [-0.05, 0) is 13.8 Å². The predicted octanol–water partition coefficient (Wildman–Crippen LogP) is 0.873. The second kappa shape index (κ2) is 4.28. The van der Waals surface area contributed by atoms with Gasteiger partial charge < -0.3 is 16.0 Å². The lowest BCUT2D eigenvalue weighted by Crippen LogP contribution is -2.14. The van der Waals surface area contributed by atoms with Crippen LogP contribution in [-0.4, -0.2) is 19.7 Å². The van der Waals surface area contributed by atoms with E-state index in [1.54, 1.807) is 10.9 Å². The second-order valence-electron chi connectivity index (χ2n) is 3.92. The van der Waals surface area contributed by atoms with Gasteiger partial charge in [0.05, 0.1) is 18.2 Å². The minimum absolute atomic E-state index is 0.0600. The summed E-state index contributed by atoms with van der Waals surface area (Å²) in [7, 11) is 0. The molecule has 2 aromatic rings. The van der Waals surface area contributed by atoms with Crippen LogP contribution in [0.5, 0.6) is 0 Å². The number of hydrogen-bond donors (Lipinski definition) is 3. The Morgan fingerprint density at radius 2 is 2.29 bits per heavy atom. The molecule has 0 spiro atoms. The predicted molar refractivity (Wildman–Crippen MR) is 65.2 cm³/mol. The highest BCUT2D eigenvalue weighted by atomic mass is 16.1. The molecule has 90 valence electrons. The van der Waals surface area contributed by atoms with Crippen LogP contribution in [0.25, 0.3) is 0 Å². The van der Waals surface area contributed by atoms with Gasteiger partial charge in [0.25, 0.3) is 5.56 Å². The highest BCUT2D eigenvalue weighted by molar-refractivity contribution is 5.66. The fraction of sp³-hybridized carbons (Fsp3) is 0.300. The third kappa shape index (κ3) is 2.27. The van der Waals surface area contributed by atoms with Crippen LogP contribution < -0.4 is 16.6 Å². The Balaban J connectivity index is 2.25. The molecule has 2 heterocycles. The molecule has 2 aromatic heterocycles. The lowest BCUT2D eigenvalue weighted by atomic mass is 10.4. The Bertz CT molecular complexity index is 570. The molecule has 0 radical (unpaired) electrons. The Kier molecular flexibility index (Phi) is 2.82. The van der Waals surface area contributed by atoms with Gasteiger partial charge in [-0.15, -0.1) is 0 Å². The van der Waals surface area contributed by atoms with Crippen LogP contribution in [0.3, 0.4) is 0 Å². The van der Waals surface area contributed by atoms with Gasteiger partial charge in [0.15, 0.2) is 5.82 Å². The minimum atomic E-state index is -0.362. The summed E-state index contributed by atoms with van der Waals surface area (Å²) in [5, 5.41) is 7.11. The molecule has 0 aliphatic rings. The Labute approximate surface area is 97.7 Å². The van der Waals surface area contributed by atoms with E-state index >= 15 is 0 Å². The average Bonchev–Trinajstić information content (AvgIpc) is 2.73. The van der Waals surface area contributed by atoms with Crippen molar-refractivity contribution in [1.29, 1.82) is 0 Å². The zero-order valence-corrected chi connectivity index (χ0v) is 9.64. The summed E-state index contributed by atoms with van der Waals surface area (Å²) in [5.74, 6) is 0.331. The zero-order valence-electron chi connectivity index (χ0n) is 9.64. The quantitative estimate of drug-likeness (QED) is 0.731. The molecule has 0 aromatic carbocycles. The number of nitrogens with one attached hydrogen (secondary N) is 2. The third-order valence-corrected chi connectivity index (χ3v) is 2.28. The summed E-state index contributed by atoms with van der Waals surface area (Å²) in [6.07, 6.45) is 4.78. The zero-order chi connectivity index (χ0) is 12.4. The number of nitrogens with zero attached hydrogens (tertiary/aromatic N) is 3. The number of hydrogen-bond acceptors (Lipinski definition) is 5. The number of aromatic nitrogens is 4. The highest BCUT2D eigenvalue weighted by Gasteiger charge is 2.07. The molecular weight excluding hydrogens is 220 g/mol. The fourth-order valence-electron chi connectivity index (χ4n) is 1.33. The van der Waals surface area contributed by atoms with Crippen LogP contribution in [0.15, 0.2) is 23.5 Å². The maximum Gasteiger partial charge on any atom is 0.276 e. The van der Waals surface area contributed by atoms with Crippen LogP contribution in [0.4, 0.5) is 17.2 Å². The molecular formula is C10H14N6O. The molecule has 4 N–H and O–H groups in total. The smallest absolute Gasteiger partial charge is 0.276 e. The maximum absolute atomic E-state index is 11.3. The van der Waals surface area contributed by atoms with Crippen molar-refractivity contribution in [3.8, 4) is 0 Å². The summed E-state index contributed by atoms with van der Waals surface area (Å²) < 4.78 is 1.80. The van der Waals surface area contributed by atoms with Crippen LogP contribution in [0.1, 0.15) is 19.9 Å². The van der Waals surface area contributed by atoms with Crippen LogP contribution in [0.2, 0.25) is 0 Å². The van der Waals surface area contributed by atoms with Crippen molar-refractivity contribution >= 4 is 17.2 Å². The van der Waals surface area contributed by atoms with Crippen molar-refractivity contribution in [2.24, 2.45) is 0 Å². The first-order valence-corrected chi connectivity index (χ1v) is 5.22. The van der Waals surface area contributed by atoms with Crippen molar-refractivity contribution in [2.75, 3.05) is 11.1 Å². The number of nitrogens with two attached hydrogens (primary N) is 1. The second-order valence-corrected chi connectivity index (χ2v) is 3.92. The van der Waals surface area contributed by atoms with Gasteiger partial charge in [-0.1, -0.05) is 0 Å².